The molecule has 0 aliphatic heterocycles. The summed E-state index contributed by atoms with van der Waals surface area (Å²) in [5.41, 5.74) is 0.931. The second-order valence-corrected chi connectivity index (χ2v) is 11.1. The van der Waals surface area contributed by atoms with Crippen LogP contribution in [0.2, 0.25) is 0 Å². The first-order chi connectivity index (χ1) is 24.4. The van der Waals surface area contributed by atoms with Crippen molar-refractivity contribution in [2.45, 2.75) is 27.7 Å². The summed E-state index contributed by atoms with van der Waals surface area (Å²) in [6.45, 7) is 26.8. The van der Waals surface area contributed by atoms with Crippen LogP contribution in [-0.4, -0.2) is 35.8 Å². The molecule has 0 radical (unpaired) electrons. The lowest BCUT2D eigenvalue weighted by atomic mass is 9.97. The van der Waals surface area contributed by atoms with E-state index < -0.39 is 35.8 Å². The van der Waals surface area contributed by atoms with Gasteiger partial charge in [-0.05, 0) is 75.2 Å². The molecule has 0 spiro atoms. The average Bonchev–Trinajstić information content (AvgIpc) is 3.09. The third kappa shape index (κ3) is 9.98. The van der Waals surface area contributed by atoms with Crippen LogP contribution in [0.3, 0.4) is 0 Å². The van der Waals surface area contributed by atoms with Gasteiger partial charge in [0.1, 0.15) is 11.5 Å². The fourth-order valence-electron chi connectivity index (χ4n) is 3.91. The predicted molar refractivity (Wildman–Crippen MR) is 191 cm³/mol. The van der Waals surface area contributed by atoms with Gasteiger partial charge in [0.2, 0.25) is 0 Å². The molecule has 266 valence electrons. The van der Waals surface area contributed by atoms with Crippen LogP contribution < -0.4 is 28.4 Å². The molecule has 0 bridgehead atoms. The van der Waals surface area contributed by atoms with Gasteiger partial charge in [0.25, 0.3) is 0 Å². The van der Waals surface area contributed by atoms with E-state index in [1.54, 1.807) is 0 Å². The zero-order valence-corrected chi connectivity index (χ0v) is 28.9. The number of carbonyl (C=O) groups excluding carboxylic acids is 6. The summed E-state index contributed by atoms with van der Waals surface area (Å²) in [6, 6.07) is 10.9. The Balaban J connectivity index is 2.38. The first-order valence-corrected chi connectivity index (χ1v) is 15.1. The van der Waals surface area contributed by atoms with Crippen LogP contribution in [0.25, 0.3) is 22.3 Å². The standard InChI is InChI=1S/C40H34O12/c1-11-35(41)47-31-19-28(26-14-16-30(50-38(44)22(5)6)34(18-26)52-40(46)24(9)10)32(48-36(42)12-2)20-27(31)25-13-15-29(49-37(43)21(3)4)33(17-25)51-39(45)23(7)8/h11-20H,1-3,5,7,9H2,4,6,8,10H3. The van der Waals surface area contributed by atoms with Gasteiger partial charge < -0.3 is 28.4 Å². The number of hydrogen-bond donors (Lipinski definition) is 0. The molecule has 0 saturated carbocycles. The Bertz CT molecular complexity index is 1950. The first-order valence-electron chi connectivity index (χ1n) is 15.1. The lowest BCUT2D eigenvalue weighted by molar-refractivity contribution is -0.132. The van der Waals surface area contributed by atoms with Crippen molar-refractivity contribution in [1.29, 1.82) is 0 Å². The van der Waals surface area contributed by atoms with Crippen molar-refractivity contribution in [3.63, 3.8) is 0 Å². The molecular weight excluding hydrogens is 672 g/mol. The summed E-state index contributed by atoms with van der Waals surface area (Å²) < 4.78 is 32.8. The van der Waals surface area contributed by atoms with Crippen molar-refractivity contribution in [2.24, 2.45) is 0 Å². The van der Waals surface area contributed by atoms with E-state index in [4.69, 9.17) is 28.4 Å². The van der Waals surface area contributed by atoms with Crippen LogP contribution in [0.5, 0.6) is 34.5 Å². The molecule has 0 aliphatic rings. The first kappa shape index (κ1) is 39.4. The summed E-state index contributed by atoms with van der Waals surface area (Å²) in [5, 5.41) is 0. The van der Waals surface area contributed by atoms with Gasteiger partial charge >= 0.3 is 35.8 Å². The lowest BCUT2D eigenvalue weighted by Gasteiger charge is -2.18. The monoisotopic (exact) mass is 706 g/mol. The molecule has 0 aliphatic carbocycles. The fraction of sp³-hybridized carbons (Fsp3) is 0.100. The van der Waals surface area contributed by atoms with Crippen LogP contribution >= 0.6 is 0 Å². The van der Waals surface area contributed by atoms with Crippen LogP contribution in [0.1, 0.15) is 27.7 Å². The molecule has 0 amide bonds. The largest absolute Gasteiger partial charge is 0.423 e. The highest BCUT2D eigenvalue weighted by Gasteiger charge is 2.23. The van der Waals surface area contributed by atoms with Gasteiger partial charge in [-0.3, -0.25) is 0 Å². The second-order valence-electron chi connectivity index (χ2n) is 11.1. The lowest BCUT2D eigenvalue weighted by Crippen LogP contribution is -2.13. The highest BCUT2D eigenvalue weighted by molar-refractivity contribution is 5.95. The van der Waals surface area contributed by atoms with Crippen molar-refractivity contribution in [1.82, 2.24) is 0 Å². The number of hydrogen-bond acceptors (Lipinski definition) is 12. The average molecular weight is 707 g/mol. The maximum atomic E-state index is 12.6. The van der Waals surface area contributed by atoms with E-state index in [9.17, 15) is 28.8 Å². The minimum absolute atomic E-state index is 0.0415. The second kappa shape index (κ2) is 17.0. The normalized spacial score (nSPS) is 10.1. The van der Waals surface area contributed by atoms with E-state index >= 15 is 0 Å². The van der Waals surface area contributed by atoms with Gasteiger partial charge in [0.15, 0.2) is 23.0 Å². The van der Waals surface area contributed by atoms with Crippen molar-refractivity contribution in [3.8, 4) is 56.8 Å². The summed E-state index contributed by atoms with van der Waals surface area (Å²) in [5.74, 6) is -5.93. The molecule has 0 atom stereocenters. The SMILES string of the molecule is C=CC(=O)Oc1cc(-c2ccc(OC(=O)C(=C)C)c(OC(=O)C(=C)C)c2)c(OC(=O)C=C)cc1-c1ccc(OC(=O)C(=C)C)c(OC(=O)C(=C)C)c1. The van der Waals surface area contributed by atoms with Gasteiger partial charge in [-0.1, -0.05) is 51.6 Å². The zero-order valence-electron chi connectivity index (χ0n) is 28.9. The van der Waals surface area contributed by atoms with Crippen LogP contribution in [-0.2, 0) is 28.8 Å². The summed E-state index contributed by atoms with van der Waals surface area (Å²) >= 11 is 0. The molecular formula is C40H34O12. The molecule has 52 heavy (non-hydrogen) atoms. The predicted octanol–water partition coefficient (Wildman–Crippen LogP) is 7.13. The summed E-state index contributed by atoms with van der Waals surface area (Å²) in [4.78, 5) is 75.0. The third-order valence-electron chi connectivity index (χ3n) is 6.55. The molecule has 0 unspecified atom stereocenters. The van der Waals surface area contributed by atoms with E-state index in [-0.39, 0.29) is 79.0 Å². The van der Waals surface area contributed by atoms with Gasteiger partial charge in [-0.2, -0.15) is 0 Å². The maximum absolute atomic E-state index is 12.6. The van der Waals surface area contributed by atoms with Crippen LogP contribution in [0.15, 0.2) is 122 Å². The molecule has 3 rings (SSSR count). The third-order valence-corrected chi connectivity index (χ3v) is 6.55. The molecule has 0 aromatic heterocycles. The molecule has 0 N–H and O–H groups in total. The summed E-state index contributed by atoms with van der Waals surface area (Å²) in [6.07, 6.45) is 1.82. The smallest absolute Gasteiger partial charge is 0.338 e. The Labute approximate surface area is 299 Å². The highest BCUT2D eigenvalue weighted by Crippen LogP contribution is 2.45. The van der Waals surface area contributed by atoms with Gasteiger partial charge in [0.05, 0.1) is 0 Å². The number of carbonyl (C=O) groups is 6. The van der Waals surface area contributed by atoms with Crippen LogP contribution in [0.4, 0.5) is 0 Å². The molecule has 0 fully saturated rings. The van der Waals surface area contributed by atoms with Gasteiger partial charge in [-0.15, -0.1) is 0 Å². The number of ether oxygens (including phenoxy) is 6. The van der Waals surface area contributed by atoms with Crippen molar-refractivity contribution < 1.29 is 57.2 Å². The number of benzene rings is 3. The van der Waals surface area contributed by atoms with E-state index in [0.717, 1.165) is 12.2 Å². The Hall–Kier alpha value is -7.08. The fourth-order valence-corrected chi connectivity index (χ4v) is 3.91. The van der Waals surface area contributed by atoms with E-state index in [2.05, 4.69) is 39.5 Å². The zero-order chi connectivity index (χ0) is 38.9. The van der Waals surface area contributed by atoms with Gasteiger partial charge in [0, 0.05) is 45.6 Å². The molecule has 0 heterocycles. The van der Waals surface area contributed by atoms with Crippen molar-refractivity contribution >= 4 is 35.8 Å². The van der Waals surface area contributed by atoms with E-state index in [1.165, 1.54) is 76.2 Å². The molecule has 3 aromatic rings. The molecule has 0 saturated heterocycles. The Morgan fingerprint density at radius 2 is 0.712 bits per heavy atom. The van der Waals surface area contributed by atoms with Crippen LogP contribution in [0, 0.1) is 0 Å². The Morgan fingerprint density at radius 3 is 0.981 bits per heavy atom. The molecule has 12 heteroatoms. The molecule has 12 nitrogen and oxygen atoms in total. The number of esters is 6. The highest BCUT2D eigenvalue weighted by atomic mass is 16.6. The quantitative estimate of drug-likeness (QED) is 0.0950. The Kier molecular flexibility index (Phi) is 12.9. The minimum atomic E-state index is -0.873. The minimum Gasteiger partial charge on any atom is -0.423 e. The van der Waals surface area contributed by atoms with E-state index in [1.807, 2.05) is 0 Å². The topological polar surface area (TPSA) is 158 Å². The van der Waals surface area contributed by atoms with Crippen molar-refractivity contribution in [2.75, 3.05) is 0 Å². The maximum Gasteiger partial charge on any atom is 0.338 e. The Morgan fingerprint density at radius 1 is 0.423 bits per heavy atom. The molecule has 3 aromatic carbocycles. The van der Waals surface area contributed by atoms with E-state index in [0.29, 0.717) is 0 Å². The van der Waals surface area contributed by atoms with Gasteiger partial charge in [-0.25, -0.2) is 28.8 Å². The number of rotatable bonds is 14. The van der Waals surface area contributed by atoms with Crippen molar-refractivity contribution in [3.05, 3.63) is 122 Å². The summed E-state index contributed by atoms with van der Waals surface area (Å²) in [7, 11) is 0.